The van der Waals surface area contributed by atoms with Crippen molar-refractivity contribution in [2.24, 2.45) is 0 Å². The van der Waals surface area contributed by atoms with Gasteiger partial charge in [0.05, 0.1) is 6.61 Å². The molecule has 0 saturated heterocycles. The lowest BCUT2D eigenvalue weighted by atomic mass is 10.1. The molecule has 0 saturated carbocycles. The van der Waals surface area contributed by atoms with Gasteiger partial charge in [-0.3, -0.25) is 4.57 Å². The van der Waals surface area contributed by atoms with Gasteiger partial charge in [-0.15, -0.1) is 0 Å². The fourth-order valence-corrected chi connectivity index (χ4v) is 1.98. The summed E-state index contributed by atoms with van der Waals surface area (Å²) in [7, 11) is 0. The Hall–Kier alpha value is -2.70. The normalized spacial score (nSPS) is 11.9. The lowest BCUT2D eigenvalue weighted by Crippen LogP contribution is -2.23. The number of imidazole rings is 1. The van der Waals surface area contributed by atoms with Crippen molar-refractivity contribution in [2.75, 3.05) is 6.61 Å². The second-order valence-corrected chi connectivity index (χ2v) is 4.39. The van der Waals surface area contributed by atoms with Gasteiger partial charge < -0.3 is 14.9 Å². The SMILES string of the molecule is CCOC(=O)C(Cc1ccccc1)n1cnc([N+](=O)[O-])c1. The Morgan fingerprint density at radius 2 is 2.14 bits per heavy atom. The van der Waals surface area contributed by atoms with Gasteiger partial charge in [-0.05, 0) is 22.4 Å². The van der Waals surface area contributed by atoms with Crippen molar-refractivity contribution < 1.29 is 14.5 Å². The molecule has 0 radical (unpaired) electrons. The van der Waals surface area contributed by atoms with Crippen molar-refractivity contribution in [2.45, 2.75) is 19.4 Å². The Labute approximate surface area is 121 Å². The molecule has 1 atom stereocenters. The topological polar surface area (TPSA) is 87.3 Å². The summed E-state index contributed by atoms with van der Waals surface area (Å²) in [5.74, 6) is -0.731. The maximum atomic E-state index is 12.1. The maximum Gasteiger partial charge on any atom is 0.381 e. The van der Waals surface area contributed by atoms with E-state index in [4.69, 9.17) is 4.74 Å². The third-order valence-electron chi connectivity index (χ3n) is 2.97. The van der Waals surface area contributed by atoms with Crippen molar-refractivity contribution in [1.29, 1.82) is 0 Å². The van der Waals surface area contributed by atoms with Crippen LogP contribution in [0.4, 0.5) is 5.82 Å². The number of aromatic nitrogens is 2. The minimum Gasteiger partial charge on any atom is -0.464 e. The van der Waals surface area contributed by atoms with E-state index < -0.39 is 16.9 Å². The van der Waals surface area contributed by atoms with E-state index in [-0.39, 0.29) is 12.4 Å². The van der Waals surface area contributed by atoms with Gasteiger partial charge in [-0.2, -0.15) is 0 Å². The van der Waals surface area contributed by atoms with E-state index in [1.165, 1.54) is 17.1 Å². The van der Waals surface area contributed by atoms with Gasteiger partial charge in [0.2, 0.25) is 6.33 Å². The molecule has 0 fully saturated rings. The summed E-state index contributed by atoms with van der Waals surface area (Å²) >= 11 is 0. The Morgan fingerprint density at radius 3 is 2.71 bits per heavy atom. The average Bonchev–Trinajstić information content (AvgIpc) is 2.96. The molecule has 0 aliphatic rings. The third-order valence-corrected chi connectivity index (χ3v) is 2.97. The Bertz CT molecular complexity index is 624. The van der Waals surface area contributed by atoms with E-state index in [2.05, 4.69) is 4.98 Å². The highest BCUT2D eigenvalue weighted by molar-refractivity contribution is 5.74. The van der Waals surface area contributed by atoms with Crippen molar-refractivity contribution in [3.05, 3.63) is 58.5 Å². The largest absolute Gasteiger partial charge is 0.464 e. The zero-order valence-corrected chi connectivity index (χ0v) is 11.5. The highest BCUT2D eigenvalue weighted by atomic mass is 16.6. The van der Waals surface area contributed by atoms with E-state index in [0.717, 1.165) is 5.56 Å². The summed E-state index contributed by atoms with van der Waals surface area (Å²) in [6.07, 6.45) is 2.90. The molecule has 0 amide bonds. The number of carbonyl (C=O) groups is 1. The summed E-state index contributed by atoms with van der Waals surface area (Å²) in [4.78, 5) is 25.9. The van der Waals surface area contributed by atoms with Crippen LogP contribution >= 0.6 is 0 Å². The summed E-state index contributed by atoms with van der Waals surface area (Å²) in [6.45, 7) is 1.97. The first kappa shape index (κ1) is 14.7. The fraction of sp³-hybridized carbons (Fsp3) is 0.286. The van der Waals surface area contributed by atoms with Gasteiger partial charge in [0.15, 0.2) is 0 Å². The highest BCUT2D eigenvalue weighted by Crippen LogP contribution is 2.19. The summed E-state index contributed by atoms with van der Waals surface area (Å²) < 4.78 is 6.46. The van der Waals surface area contributed by atoms with Crippen molar-refractivity contribution in [3.63, 3.8) is 0 Å². The molecule has 0 N–H and O–H groups in total. The standard InChI is InChI=1S/C14H15N3O4/c1-2-21-14(18)12(8-11-6-4-3-5-7-11)16-9-13(15-10-16)17(19)20/h3-7,9-10,12H,2,8H2,1H3. The zero-order valence-electron chi connectivity index (χ0n) is 11.5. The molecule has 0 bridgehead atoms. The first-order chi connectivity index (χ1) is 10.1. The molecule has 21 heavy (non-hydrogen) atoms. The fourth-order valence-electron chi connectivity index (χ4n) is 1.98. The minimum absolute atomic E-state index is 0.251. The molecule has 1 heterocycles. The van der Waals surface area contributed by atoms with Crippen LogP contribution in [0, 0.1) is 10.1 Å². The molecule has 0 spiro atoms. The highest BCUT2D eigenvalue weighted by Gasteiger charge is 2.25. The minimum atomic E-state index is -0.673. The van der Waals surface area contributed by atoms with E-state index >= 15 is 0 Å². The molecule has 2 aromatic rings. The summed E-state index contributed by atoms with van der Waals surface area (Å²) in [5, 5.41) is 10.7. The first-order valence-corrected chi connectivity index (χ1v) is 6.50. The molecular formula is C14H15N3O4. The maximum absolute atomic E-state index is 12.1. The number of hydrogen-bond acceptors (Lipinski definition) is 5. The molecule has 1 unspecified atom stereocenters. The third kappa shape index (κ3) is 3.65. The monoisotopic (exact) mass is 289 g/mol. The zero-order chi connectivity index (χ0) is 15.2. The van der Waals surface area contributed by atoms with Gasteiger partial charge >= 0.3 is 11.8 Å². The summed E-state index contributed by atoms with van der Waals surface area (Å²) in [6, 6.07) is 8.72. The smallest absolute Gasteiger partial charge is 0.381 e. The molecule has 1 aromatic heterocycles. The number of benzene rings is 1. The first-order valence-electron chi connectivity index (χ1n) is 6.50. The summed E-state index contributed by atoms with van der Waals surface area (Å²) in [5.41, 5.74) is 0.937. The van der Waals surface area contributed by atoms with Crippen LogP contribution in [0.3, 0.4) is 0 Å². The molecule has 110 valence electrons. The second kappa shape index (κ2) is 6.65. The van der Waals surface area contributed by atoms with Crippen LogP contribution < -0.4 is 0 Å². The van der Waals surface area contributed by atoms with Crippen LogP contribution in [-0.4, -0.2) is 27.1 Å². The molecule has 7 nitrogen and oxygen atoms in total. The van der Waals surface area contributed by atoms with Crippen LogP contribution in [0.15, 0.2) is 42.9 Å². The number of carbonyl (C=O) groups excluding carboxylic acids is 1. The lowest BCUT2D eigenvalue weighted by molar-refractivity contribution is -0.389. The van der Waals surface area contributed by atoms with Crippen LogP contribution in [-0.2, 0) is 16.0 Å². The van der Waals surface area contributed by atoms with Gasteiger partial charge in [0, 0.05) is 6.42 Å². The number of hydrogen-bond donors (Lipinski definition) is 0. The Balaban J connectivity index is 2.26. The van der Waals surface area contributed by atoms with Crippen molar-refractivity contribution >= 4 is 11.8 Å². The molecule has 0 aliphatic carbocycles. The van der Waals surface area contributed by atoms with E-state index in [1.807, 2.05) is 30.3 Å². The van der Waals surface area contributed by atoms with Gasteiger partial charge in [0.1, 0.15) is 12.2 Å². The van der Waals surface area contributed by atoms with E-state index in [9.17, 15) is 14.9 Å². The molecule has 2 rings (SSSR count). The van der Waals surface area contributed by atoms with Crippen molar-refractivity contribution in [3.8, 4) is 0 Å². The average molecular weight is 289 g/mol. The number of esters is 1. The quantitative estimate of drug-likeness (QED) is 0.462. The van der Waals surface area contributed by atoms with Crippen molar-refractivity contribution in [1.82, 2.24) is 9.55 Å². The van der Waals surface area contributed by atoms with Gasteiger partial charge in [0.25, 0.3) is 0 Å². The molecule has 1 aromatic carbocycles. The van der Waals surface area contributed by atoms with Crippen LogP contribution in [0.2, 0.25) is 0 Å². The Morgan fingerprint density at radius 1 is 1.43 bits per heavy atom. The van der Waals surface area contributed by atoms with E-state index in [0.29, 0.717) is 6.42 Å². The van der Waals surface area contributed by atoms with E-state index in [1.54, 1.807) is 6.92 Å². The molecule has 7 heteroatoms. The second-order valence-electron chi connectivity index (χ2n) is 4.39. The number of rotatable bonds is 6. The predicted octanol–water partition coefficient (Wildman–Crippen LogP) is 2.14. The number of nitrogens with zero attached hydrogens (tertiary/aromatic N) is 3. The van der Waals surface area contributed by atoms with Crippen LogP contribution in [0.5, 0.6) is 0 Å². The predicted molar refractivity (Wildman–Crippen MR) is 74.7 cm³/mol. The van der Waals surface area contributed by atoms with Gasteiger partial charge in [-0.25, -0.2) is 4.79 Å². The number of nitro groups is 1. The Kier molecular flexibility index (Phi) is 4.65. The van der Waals surface area contributed by atoms with Crippen LogP contribution in [0.1, 0.15) is 18.5 Å². The molecular weight excluding hydrogens is 274 g/mol. The van der Waals surface area contributed by atoms with Crippen LogP contribution in [0.25, 0.3) is 0 Å². The molecule has 0 aliphatic heterocycles. The number of ether oxygens (including phenoxy) is 1. The lowest BCUT2D eigenvalue weighted by Gasteiger charge is -2.15. The van der Waals surface area contributed by atoms with Gasteiger partial charge in [-0.1, -0.05) is 30.3 Å².